The highest BCUT2D eigenvalue weighted by atomic mass is 32.2. The van der Waals surface area contributed by atoms with Crippen LogP contribution in [0.25, 0.3) is 0 Å². The normalized spacial score (nSPS) is 11.5. The van der Waals surface area contributed by atoms with Gasteiger partial charge < -0.3 is 0 Å². The Kier molecular flexibility index (Phi) is 4.27. The van der Waals surface area contributed by atoms with Gasteiger partial charge in [0.25, 0.3) is 0 Å². The van der Waals surface area contributed by atoms with Crippen LogP contribution in [0.4, 0.5) is 5.69 Å². The summed E-state index contributed by atoms with van der Waals surface area (Å²) in [7, 11) is -1.61. The molecule has 0 radical (unpaired) electrons. The zero-order chi connectivity index (χ0) is 12.3. The van der Waals surface area contributed by atoms with E-state index in [-0.39, 0.29) is 0 Å². The Bertz CT molecular complexity index is 469. The van der Waals surface area contributed by atoms with Gasteiger partial charge in [0.05, 0.1) is 11.9 Å². The highest BCUT2D eigenvalue weighted by Crippen LogP contribution is 2.30. The number of hydrogen-bond acceptors (Lipinski definition) is 3. The Morgan fingerprint density at radius 3 is 2.44 bits per heavy atom. The smallest absolute Gasteiger partial charge is 0.232 e. The molecule has 1 aromatic rings. The summed E-state index contributed by atoms with van der Waals surface area (Å²) < 4.78 is 24.4. The maximum atomic E-state index is 11.5. The Morgan fingerprint density at radius 1 is 1.38 bits per heavy atom. The SMILES string of the molecule is CCc1ccc(SC)c(N(C)S(C)(=O)=O)c1. The number of aryl methyl sites for hydroxylation is 1. The highest BCUT2D eigenvalue weighted by molar-refractivity contribution is 7.99. The number of thioether (sulfide) groups is 1. The molecule has 3 nitrogen and oxygen atoms in total. The van der Waals surface area contributed by atoms with Gasteiger partial charge in [-0.25, -0.2) is 8.42 Å². The molecule has 0 aliphatic carbocycles. The molecule has 0 heterocycles. The summed E-state index contributed by atoms with van der Waals surface area (Å²) >= 11 is 1.55. The van der Waals surface area contributed by atoms with Gasteiger partial charge in [-0.3, -0.25) is 4.31 Å². The van der Waals surface area contributed by atoms with E-state index in [9.17, 15) is 8.42 Å². The number of rotatable bonds is 4. The summed E-state index contributed by atoms with van der Waals surface area (Å²) in [6, 6.07) is 5.94. The second-order valence-electron chi connectivity index (χ2n) is 3.59. The van der Waals surface area contributed by atoms with Crippen molar-refractivity contribution in [2.45, 2.75) is 18.2 Å². The molecule has 1 aromatic carbocycles. The van der Waals surface area contributed by atoms with Gasteiger partial charge in [0.2, 0.25) is 10.0 Å². The number of sulfonamides is 1. The zero-order valence-corrected chi connectivity index (χ0v) is 11.7. The van der Waals surface area contributed by atoms with Crippen LogP contribution in [-0.2, 0) is 16.4 Å². The topological polar surface area (TPSA) is 37.4 Å². The molecule has 0 N–H and O–H groups in total. The summed E-state index contributed by atoms with van der Waals surface area (Å²) in [5.41, 5.74) is 1.90. The molecule has 0 saturated heterocycles. The maximum Gasteiger partial charge on any atom is 0.232 e. The third-order valence-electron chi connectivity index (χ3n) is 2.49. The van der Waals surface area contributed by atoms with Gasteiger partial charge in [-0.05, 0) is 30.4 Å². The molecule has 5 heteroatoms. The number of nitrogens with zero attached hydrogens (tertiary/aromatic N) is 1. The van der Waals surface area contributed by atoms with Crippen LogP contribution < -0.4 is 4.31 Å². The lowest BCUT2D eigenvalue weighted by atomic mass is 10.1. The molecule has 90 valence electrons. The molecule has 0 aliphatic heterocycles. The molecular weight excluding hydrogens is 242 g/mol. The van der Waals surface area contributed by atoms with Crippen molar-refractivity contribution in [3.63, 3.8) is 0 Å². The van der Waals surface area contributed by atoms with Crippen LogP contribution in [0.2, 0.25) is 0 Å². The first-order valence-corrected chi connectivity index (χ1v) is 8.08. The van der Waals surface area contributed by atoms with Crippen molar-refractivity contribution in [2.24, 2.45) is 0 Å². The first kappa shape index (κ1) is 13.4. The number of hydrogen-bond donors (Lipinski definition) is 0. The fourth-order valence-corrected chi connectivity index (χ4v) is 2.56. The molecular formula is C11H17NO2S2. The number of anilines is 1. The Labute approximate surface area is 102 Å². The Hall–Kier alpha value is -0.680. The van der Waals surface area contributed by atoms with Crippen molar-refractivity contribution in [1.29, 1.82) is 0 Å². The van der Waals surface area contributed by atoms with Crippen LogP contribution in [0.3, 0.4) is 0 Å². The monoisotopic (exact) mass is 259 g/mol. The van der Waals surface area contributed by atoms with Crippen LogP contribution >= 0.6 is 11.8 Å². The molecule has 0 saturated carbocycles. The van der Waals surface area contributed by atoms with E-state index in [2.05, 4.69) is 6.92 Å². The van der Waals surface area contributed by atoms with Crippen molar-refractivity contribution in [2.75, 3.05) is 23.9 Å². The molecule has 0 aromatic heterocycles. The van der Waals surface area contributed by atoms with Crippen molar-refractivity contribution in [1.82, 2.24) is 0 Å². The van der Waals surface area contributed by atoms with E-state index in [0.29, 0.717) is 0 Å². The van der Waals surface area contributed by atoms with Gasteiger partial charge in [-0.15, -0.1) is 11.8 Å². The third-order valence-corrected chi connectivity index (χ3v) is 4.46. The van der Waals surface area contributed by atoms with Crippen LogP contribution in [0.15, 0.2) is 23.1 Å². The van der Waals surface area contributed by atoms with Crippen LogP contribution in [0.5, 0.6) is 0 Å². The first-order chi connectivity index (χ1) is 7.40. The summed E-state index contributed by atoms with van der Waals surface area (Å²) in [6.45, 7) is 2.05. The molecule has 0 spiro atoms. The fraction of sp³-hybridized carbons (Fsp3) is 0.455. The molecule has 1 rings (SSSR count). The molecule has 0 unspecified atom stereocenters. The minimum absolute atomic E-state index is 0.759. The average Bonchev–Trinajstić information content (AvgIpc) is 2.25. The standard InChI is InChI=1S/C11H17NO2S2/c1-5-9-6-7-11(15-3)10(8-9)12(2)16(4,13)14/h6-8H,5H2,1-4H3. The van der Waals surface area contributed by atoms with E-state index in [1.165, 1.54) is 10.6 Å². The largest absolute Gasteiger partial charge is 0.272 e. The molecule has 0 aliphatic rings. The van der Waals surface area contributed by atoms with E-state index < -0.39 is 10.0 Å². The van der Waals surface area contributed by atoms with E-state index in [0.717, 1.165) is 22.6 Å². The predicted octanol–water partition coefficient (Wildman–Crippen LogP) is 2.37. The van der Waals surface area contributed by atoms with E-state index >= 15 is 0 Å². The van der Waals surface area contributed by atoms with Gasteiger partial charge in [0, 0.05) is 11.9 Å². The van der Waals surface area contributed by atoms with Crippen molar-refractivity contribution >= 4 is 27.5 Å². The lowest BCUT2D eigenvalue weighted by Gasteiger charge is -2.20. The maximum absolute atomic E-state index is 11.5. The highest BCUT2D eigenvalue weighted by Gasteiger charge is 2.15. The quantitative estimate of drug-likeness (QED) is 0.779. The van der Waals surface area contributed by atoms with Gasteiger partial charge in [0.15, 0.2) is 0 Å². The van der Waals surface area contributed by atoms with Crippen LogP contribution in [-0.4, -0.2) is 28.0 Å². The number of benzene rings is 1. The lowest BCUT2D eigenvalue weighted by molar-refractivity contribution is 0.600. The van der Waals surface area contributed by atoms with Crippen molar-refractivity contribution in [3.05, 3.63) is 23.8 Å². The molecule has 16 heavy (non-hydrogen) atoms. The minimum Gasteiger partial charge on any atom is -0.272 e. The summed E-state index contributed by atoms with van der Waals surface area (Å²) in [5, 5.41) is 0. The summed E-state index contributed by atoms with van der Waals surface area (Å²) in [6.07, 6.45) is 4.07. The summed E-state index contributed by atoms with van der Waals surface area (Å²) in [4.78, 5) is 0.977. The van der Waals surface area contributed by atoms with Crippen LogP contribution in [0.1, 0.15) is 12.5 Å². The van der Waals surface area contributed by atoms with Crippen LogP contribution in [0, 0.1) is 0 Å². The third kappa shape index (κ3) is 2.92. The molecule has 0 atom stereocenters. The minimum atomic E-state index is -3.19. The van der Waals surface area contributed by atoms with Gasteiger partial charge in [-0.2, -0.15) is 0 Å². The van der Waals surface area contributed by atoms with Gasteiger partial charge in [0.1, 0.15) is 0 Å². The van der Waals surface area contributed by atoms with Gasteiger partial charge in [-0.1, -0.05) is 13.0 Å². The second-order valence-corrected chi connectivity index (χ2v) is 6.45. The van der Waals surface area contributed by atoms with E-state index in [4.69, 9.17) is 0 Å². The zero-order valence-electron chi connectivity index (χ0n) is 10.0. The Balaban J connectivity index is 3.29. The Morgan fingerprint density at radius 2 is 2.00 bits per heavy atom. The fourth-order valence-electron chi connectivity index (χ4n) is 1.38. The first-order valence-electron chi connectivity index (χ1n) is 5.01. The van der Waals surface area contributed by atoms with E-state index in [1.54, 1.807) is 18.8 Å². The van der Waals surface area contributed by atoms with Crippen molar-refractivity contribution < 1.29 is 8.42 Å². The summed E-state index contributed by atoms with van der Waals surface area (Å²) in [5.74, 6) is 0. The molecule has 0 fully saturated rings. The van der Waals surface area contributed by atoms with Gasteiger partial charge >= 0.3 is 0 Å². The predicted molar refractivity (Wildman–Crippen MR) is 70.8 cm³/mol. The lowest BCUT2D eigenvalue weighted by Crippen LogP contribution is -2.25. The molecule has 0 amide bonds. The second kappa shape index (κ2) is 5.10. The van der Waals surface area contributed by atoms with Crippen molar-refractivity contribution in [3.8, 4) is 0 Å². The van der Waals surface area contributed by atoms with E-state index in [1.807, 2.05) is 24.5 Å². The molecule has 0 bridgehead atoms. The average molecular weight is 259 g/mol.